The monoisotopic (exact) mass is 368 g/mol. The van der Waals surface area contributed by atoms with Gasteiger partial charge in [0.25, 0.3) is 5.91 Å². The lowest BCUT2D eigenvalue weighted by Crippen LogP contribution is -2.41. The van der Waals surface area contributed by atoms with Crippen LogP contribution in [0.2, 0.25) is 0 Å². The van der Waals surface area contributed by atoms with E-state index in [0.717, 1.165) is 31.6 Å². The second kappa shape index (κ2) is 7.85. The number of amides is 2. The maximum absolute atomic E-state index is 12.5. The van der Waals surface area contributed by atoms with E-state index in [-0.39, 0.29) is 24.3 Å². The quantitative estimate of drug-likeness (QED) is 0.827. The van der Waals surface area contributed by atoms with Gasteiger partial charge in [-0.1, -0.05) is 0 Å². The largest absolute Gasteiger partial charge is 0.352 e. The molecule has 27 heavy (non-hydrogen) atoms. The standard InChI is InChI=1S/C19H24N6O2/c26-18(11-25-13-20-12-23-25)24-7-1-2-16(10-24)17-6-5-15(9-21-17)19(27)22-8-14-3-4-14/h5-6,9,12-14,16H,1-4,7-8,10-11H2,(H,22,27)/t16-/m1/s1. The SMILES string of the molecule is O=C(NCC1CC1)c1ccc([C@@H]2CCCN(C(=O)Cn3cncn3)C2)nc1. The third-order valence-electron chi connectivity index (χ3n) is 5.25. The molecule has 2 amide bonds. The van der Waals surface area contributed by atoms with E-state index in [1.165, 1.54) is 19.2 Å². The van der Waals surface area contributed by atoms with E-state index in [4.69, 9.17) is 0 Å². The van der Waals surface area contributed by atoms with Gasteiger partial charge in [-0.25, -0.2) is 9.67 Å². The maximum Gasteiger partial charge on any atom is 0.252 e. The molecule has 2 fully saturated rings. The number of rotatable bonds is 6. The van der Waals surface area contributed by atoms with E-state index < -0.39 is 0 Å². The van der Waals surface area contributed by atoms with Gasteiger partial charge in [-0.2, -0.15) is 5.10 Å². The van der Waals surface area contributed by atoms with Gasteiger partial charge in [0.15, 0.2) is 0 Å². The Morgan fingerprint density at radius 2 is 2.11 bits per heavy atom. The van der Waals surface area contributed by atoms with Crippen LogP contribution < -0.4 is 5.32 Å². The Bertz CT molecular complexity index is 785. The molecule has 1 saturated carbocycles. The van der Waals surface area contributed by atoms with Crippen molar-refractivity contribution in [2.75, 3.05) is 19.6 Å². The van der Waals surface area contributed by atoms with Crippen LogP contribution in [0.4, 0.5) is 0 Å². The summed E-state index contributed by atoms with van der Waals surface area (Å²) in [7, 11) is 0. The van der Waals surface area contributed by atoms with Gasteiger partial charge in [0.1, 0.15) is 19.2 Å². The number of carbonyl (C=O) groups excluding carboxylic acids is 2. The molecule has 1 atom stereocenters. The van der Waals surface area contributed by atoms with Gasteiger partial charge in [-0.15, -0.1) is 0 Å². The number of likely N-dealkylation sites (tertiary alicyclic amines) is 1. The summed E-state index contributed by atoms with van der Waals surface area (Å²) in [5.74, 6) is 0.835. The van der Waals surface area contributed by atoms with Crippen molar-refractivity contribution in [3.63, 3.8) is 0 Å². The van der Waals surface area contributed by atoms with E-state index >= 15 is 0 Å². The molecule has 0 unspecified atom stereocenters. The van der Waals surface area contributed by atoms with E-state index in [1.807, 2.05) is 17.0 Å². The molecular weight excluding hydrogens is 344 g/mol. The molecule has 3 heterocycles. The highest BCUT2D eigenvalue weighted by atomic mass is 16.2. The summed E-state index contributed by atoms with van der Waals surface area (Å²) in [5, 5.41) is 6.95. The number of nitrogens with one attached hydrogen (secondary N) is 1. The average molecular weight is 368 g/mol. The van der Waals surface area contributed by atoms with Crippen molar-refractivity contribution in [2.45, 2.75) is 38.1 Å². The smallest absolute Gasteiger partial charge is 0.252 e. The molecule has 2 aromatic heterocycles. The Hall–Kier alpha value is -2.77. The summed E-state index contributed by atoms with van der Waals surface area (Å²) in [6, 6.07) is 3.75. The first kappa shape index (κ1) is 17.6. The molecule has 0 aromatic carbocycles. The van der Waals surface area contributed by atoms with Crippen LogP contribution in [0.5, 0.6) is 0 Å². The molecule has 0 bridgehead atoms. The van der Waals surface area contributed by atoms with Crippen LogP contribution in [0, 0.1) is 5.92 Å². The Kier molecular flexibility index (Phi) is 5.13. The van der Waals surface area contributed by atoms with Crippen LogP contribution >= 0.6 is 0 Å². The third-order valence-corrected chi connectivity index (χ3v) is 5.25. The summed E-state index contributed by atoms with van der Waals surface area (Å²) in [6.45, 7) is 2.37. The minimum absolute atomic E-state index is 0.0428. The molecule has 1 aliphatic heterocycles. The number of hydrogen-bond acceptors (Lipinski definition) is 5. The second-order valence-corrected chi connectivity index (χ2v) is 7.40. The van der Waals surface area contributed by atoms with Gasteiger partial charge >= 0.3 is 0 Å². The van der Waals surface area contributed by atoms with Gasteiger partial charge in [0.05, 0.1) is 5.56 Å². The number of nitrogens with zero attached hydrogens (tertiary/aromatic N) is 5. The lowest BCUT2D eigenvalue weighted by molar-refractivity contribution is -0.133. The number of carbonyl (C=O) groups is 2. The fourth-order valence-electron chi connectivity index (χ4n) is 3.44. The van der Waals surface area contributed by atoms with Crippen molar-refractivity contribution in [1.82, 2.24) is 30.0 Å². The zero-order valence-corrected chi connectivity index (χ0v) is 15.3. The molecule has 8 nitrogen and oxygen atoms in total. The van der Waals surface area contributed by atoms with E-state index in [0.29, 0.717) is 18.0 Å². The summed E-state index contributed by atoms with van der Waals surface area (Å²) >= 11 is 0. The van der Waals surface area contributed by atoms with Gasteiger partial charge in [-0.05, 0) is 43.7 Å². The Balaban J connectivity index is 1.34. The molecular formula is C19H24N6O2. The van der Waals surface area contributed by atoms with Gasteiger partial charge in [0.2, 0.25) is 5.91 Å². The van der Waals surface area contributed by atoms with Crippen LogP contribution in [0.3, 0.4) is 0 Å². The predicted octanol–water partition coefficient (Wildman–Crippen LogP) is 1.22. The van der Waals surface area contributed by atoms with Crippen molar-refractivity contribution in [3.8, 4) is 0 Å². The van der Waals surface area contributed by atoms with E-state index in [1.54, 1.807) is 17.2 Å². The fraction of sp³-hybridized carbons (Fsp3) is 0.526. The third kappa shape index (κ3) is 4.50. The second-order valence-electron chi connectivity index (χ2n) is 7.40. The van der Waals surface area contributed by atoms with Gasteiger partial charge in [0, 0.05) is 37.4 Å². The number of hydrogen-bond donors (Lipinski definition) is 1. The number of pyridine rings is 1. The Labute approximate surface area is 158 Å². The van der Waals surface area contributed by atoms with Crippen LogP contribution in [-0.2, 0) is 11.3 Å². The lowest BCUT2D eigenvalue weighted by Gasteiger charge is -2.32. The Morgan fingerprint density at radius 3 is 2.81 bits per heavy atom. The molecule has 142 valence electrons. The van der Waals surface area contributed by atoms with Crippen LogP contribution in [0.15, 0.2) is 31.0 Å². The van der Waals surface area contributed by atoms with Crippen molar-refractivity contribution in [2.24, 2.45) is 5.92 Å². The zero-order valence-electron chi connectivity index (χ0n) is 15.3. The van der Waals surface area contributed by atoms with E-state index in [2.05, 4.69) is 20.4 Å². The molecule has 8 heteroatoms. The van der Waals surface area contributed by atoms with Crippen molar-refractivity contribution in [1.29, 1.82) is 0 Å². The average Bonchev–Trinajstić information content (AvgIpc) is 3.41. The predicted molar refractivity (Wildman–Crippen MR) is 97.9 cm³/mol. The van der Waals surface area contributed by atoms with Gasteiger partial charge in [-0.3, -0.25) is 14.6 Å². The molecule has 4 rings (SSSR count). The molecule has 1 N–H and O–H groups in total. The summed E-state index contributed by atoms with van der Waals surface area (Å²) in [5.41, 5.74) is 1.53. The highest BCUT2D eigenvalue weighted by Gasteiger charge is 2.26. The molecule has 2 aliphatic rings. The van der Waals surface area contributed by atoms with Crippen LogP contribution in [0.25, 0.3) is 0 Å². The first-order chi connectivity index (χ1) is 13.2. The van der Waals surface area contributed by atoms with E-state index in [9.17, 15) is 9.59 Å². The maximum atomic E-state index is 12.5. The summed E-state index contributed by atoms with van der Waals surface area (Å²) < 4.78 is 1.54. The normalized spacial score (nSPS) is 19.7. The fourth-order valence-corrected chi connectivity index (χ4v) is 3.44. The number of aromatic nitrogens is 4. The van der Waals surface area contributed by atoms with Gasteiger partial charge < -0.3 is 10.2 Å². The lowest BCUT2D eigenvalue weighted by atomic mass is 9.94. The molecule has 1 saturated heterocycles. The van der Waals surface area contributed by atoms with Crippen LogP contribution in [-0.4, -0.2) is 56.1 Å². The molecule has 0 spiro atoms. The topological polar surface area (TPSA) is 93.0 Å². The number of piperidine rings is 1. The minimum Gasteiger partial charge on any atom is -0.352 e. The first-order valence-corrected chi connectivity index (χ1v) is 9.53. The van der Waals surface area contributed by atoms with Crippen molar-refractivity contribution >= 4 is 11.8 Å². The molecule has 2 aromatic rings. The first-order valence-electron chi connectivity index (χ1n) is 9.53. The highest BCUT2D eigenvalue weighted by molar-refractivity contribution is 5.93. The van der Waals surface area contributed by atoms with Crippen molar-refractivity contribution < 1.29 is 9.59 Å². The molecule has 0 radical (unpaired) electrons. The summed E-state index contributed by atoms with van der Waals surface area (Å²) in [6.07, 6.45) is 8.99. The van der Waals surface area contributed by atoms with Crippen molar-refractivity contribution in [3.05, 3.63) is 42.2 Å². The zero-order chi connectivity index (χ0) is 18.6. The van der Waals surface area contributed by atoms with Crippen LogP contribution in [0.1, 0.15) is 47.7 Å². The highest BCUT2D eigenvalue weighted by Crippen LogP contribution is 2.28. The summed E-state index contributed by atoms with van der Waals surface area (Å²) in [4.78, 5) is 34.9. The Morgan fingerprint density at radius 1 is 1.22 bits per heavy atom. The molecule has 1 aliphatic carbocycles. The minimum atomic E-state index is -0.0609.